The summed E-state index contributed by atoms with van der Waals surface area (Å²) in [6.07, 6.45) is -3.24. The summed E-state index contributed by atoms with van der Waals surface area (Å²) in [5.41, 5.74) is 0.462. The fourth-order valence-corrected chi connectivity index (χ4v) is 1.07. The Morgan fingerprint density at radius 3 is 2.94 bits per heavy atom. The third-order valence-corrected chi connectivity index (χ3v) is 1.96. The Hall–Kier alpha value is -1.76. The maximum Gasteiger partial charge on any atom is 0.356 e. The second-order valence-electron chi connectivity index (χ2n) is 3.20. The summed E-state index contributed by atoms with van der Waals surface area (Å²) in [5, 5.41) is 11.5. The number of nitrogens with one attached hydrogen (secondary N) is 1. The first kappa shape index (κ1) is 13.3. The number of rotatable bonds is 5. The van der Waals surface area contributed by atoms with Crippen LogP contribution in [-0.4, -0.2) is 42.2 Å². The maximum atomic E-state index is 12.0. The smallest absolute Gasteiger partial charge is 0.356 e. The number of ether oxygens (including phenoxy) is 1. The van der Waals surface area contributed by atoms with Gasteiger partial charge in [-0.05, 0) is 12.1 Å². The number of pyridine rings is 1. The number of aliphatic hydroxyl groups excluding tert-OH is 1. The monoisotopic (exact) mass is 246 g/mol. The third kappa shape index (κ3) is 3.95. The molecular weight excluding hydrogens is 234 g/mol. The first-order chi connectivity index (χ1) is 8.04. The Morgan fingerprint density at radius 2 is 2.35 bits per heavy atom. The number of aromatic nitrogens is 1. The highest BCUT2D eigenvalue weighted by molar-refractivity contribution is 5.88. The van der Waals surface area contributed by atoms with Gasteiger partial charge in [-0.3, -0.25) is 0 Å². The first-order valence-electron chi connectivity index (χ1n) is 4.79. The number of halogens is 2. The van der Waals surface area contributed by atoms with Gasteiger partial charge in [0.05, 0.1) is 7.11 Å². The number of carbonyl (C=O) groups is 1. The summed E-state index contributed by atoms with van der Waals surface area (Å²) in [5.74, 6) is -0.622. The Bertz CT molecular complexity index is 388. The van der Waals surface area contributed by atoms with Gasteiger partial charge in [0.2, 0.25) is 0 Å². The lowest BCUT2D eigenvalue weighted by Crippen LogP contribution is -2.26. The zero-order valence-corrected chi connectivity index (χ0v) is 9.06. The number of hydrogen-bond donors (Lipinski definition) is 2. The van der Waals surface area contributed by atoms with Crippen LogP contribution in [0.1, 0.15) is 10.5 Å². The normalized spacial score (nSPS) is 12.3. The summed E-state index contributed by atoms with van der Waals surface area (Å²) in [4.78, 5) is 14.9. The molecule has 0 aliphatic heterocycles. The highest BCUT2D eigenvalue weighted by Crippen LogP contribution is 2.10. The highest BCUT2D eigenvalue weighted by atomic mass is 19.3. The molecule has 5 nitrogen and oxygen atoms in total. The van der Waals surface area contributed by atoms with E-state index in [-0.39, 0.29) is 12.2 Å². The number of hydrogen-bond acceptors (Lipinski definition) is 5. The average Bonchev–Trinajstić information content (AvgIpc) is 2.35. The Balaban J connectivity index is 2.63. The minimum absolute atomic E-state index is 0.0593. The van der Waals surface area contributed by atoms with Gasteiger partial charge in [0, 0.05) is 18.4 Å². The van der Waals surface area contributed by atoms with Crippen LogP contribution in [0.3, 0.4) is 0 Å². The summed E-state index contributed by atoms with van der Waals surface area (Å²) >= 11 is 0. The summed E-state index contributed by atoms with van der Waals surface area (Å²) in [7, 11) is 1.21. The molecule has 7 heteroatoms. The second kappa shape index (κ2) is 6.09. The van der Waals surface area contributed by atoms with E-state index in [0.29, 0.717) is 5.69 Å². The molecule has 0 fully saturated rings. The lowest BCUT2D eigenvalue weighted by atomic mass is 10.3. The van der Waals surface area contributed by atoms with Crippen molar-refractivity contribution in [2.75, 3.05) is 19.0 Å². The van der Waals surface area contributed by atoms with Crippen molar-refractivity contribution in [3.63, 3.8) is 0 Å². The molecule has 1 aromatic heterocycles. The van der Waals surface area contributed by atoms with Gasteiger partial charge in [0.15, 0.2) is 0 Å². The van der Waals surface area contributed by atoms with Crippen LogP contribution < -0.4 is 5.32 Å². The Labute approximate surface area is 96.4 Å². The van der Waals surface area contributed by atoms with Crippen LogP contribution in [0.4, 0.5) is 14.5 Å². The van der Waals surface area contributed by atoms with E-state index < -0.39 is 18.5 Å². The summed E-state index contributed by atoms with van der Waals surface area (Å²) in [6.45, 7) is -0.317. The number of methoxy groups -OCH3 is 1. The fraction of sp³-hybridized carbons (Fsp3) is 0.400. The molecule has 0 radical (unpaired) electrons. The van der Waals surface area contributed by atoms with E-state index in [2.05, 4.69) is 15.0 Å². The van der Waals surface area contributed by atoms with Gasteiger partial charge in [-0.2, -0.15) is 0 Å². The van der Waals surface area contributed by atoms with Gasteiger partial charge in [-0.15, -0.1) is 0 Å². The molecule has 1 aromatic rings. The molecular formula is C10H12F2N2O3. The van der Waals surface area contributed by atoms with Crippen LogP contribution >= 0.6 is 0 Å². The van der Waals surface area contributed by atoms with Crippen molar-refractivity contribution in [3.05, 3.63) is 24.0 Å². The van der Waals surface area contributed by atoms with Crippen molar-refractivity contribution in [1.82, 2.24) is 4.98 Å². The average molecular weight is 246 g/mol. The Morgan fingerprint density at radius 1 is 1.65 bits per heavy atom. The zero-order valence-electron chi connectivity index (χ0n) is 9.06. The number of nitrogens with zero attached hydrogens (tertiary/aromatic N) is 1. The van der Waals surface area contributed by atoms with Crippen LogP contribution in [0.15, 0.2) is 18.3 Å². The molecule has 0 saturated heterocycles. The lowest BCUT2D eigenvalue weighted by Gasteiger charge is -2.11. The predicted octanol–water partition coefficient (Wildman–Crippen LogP) is 0.906. The van der Waals surface area contributed by atoms with Crippen molar-refractivity contribution in [2.45, 2.75) is 12.5 Å². The standard InChI is InChI=1S/C10H12F2N2O3/c1-17-10(16)7-4-6(2-3-13-7)14-5-8(15)9(11)12/h2-4,8-9,15H,5H2,1H3,(H,13,14). The van der Waals surface area contributed by atoms with E-state index in [9.17, 15) is 13.6 Å². The van der Waals surface area contributed by atoms with E-state index in [0.717, 1.165) is 0 Å². The minimum atomic E-state index is -2.82. The molecule has 0 saturated carbocycles. The van der Waals surface area contributed by atoms with Gasteiger partial charge in [-0.25, -0.2) is 18.6 Å². The van der Waals surface area contributed by atoms with Crippen molar-refractivity contribution < 1.29 is 23.4 Å². The van der Waals surface area contributed by atoms with Gasteiger partial charge in [0.1, 0.15) is 11.8 Å². The predicted molar refractivity (Wildman–Crippen MR) is 56.1 cm³/mol. The number of aliphatic hydroxyl groups is 1. The van der Waals surface area contributed by atoms with Gasteiger partial charge in [-0.1, -0.05) is 0 Å². The number of carbonyl (C=O) groups excluding carboxylic acids is 1. The van der Waals surface area contributed by atoms with Crippen LogP contribution in [0.5, 0.6) is 0 Å². The molecule has 0 amide bonds. The van der Waals surface area contributed by atoms with E-state index in [1.807, 2.05) is 0 Å². The molecule has 0 aliphatic rings. The number of anilines is 1. The molecule has 0 bridgehead atoms. The molecule has 1 unspecified atom stereocenters. The van der Waals surface area contributed by atoms with Crippen molar-refractivity contribution in [1.29, 1.82) is 0 Å². The molecule has 17 heavy (non-hydrogen) atoms. The molecule has 94 valence electrons. The summed E-state index contributed by atoms with van der Waals surface area (Å²) < 4.78 is 28.5. The molecule has 0 aliphatic carbocycles. The van der Waals surface area contributed by atoms with E-state index >= 15 is 0 Å². The van der Waals surface area contributed by atoms with Crippen LogP contribution in [0.2, 0.25) is 0 Å². The largest absolute Gasteiger partial charge is 0.464 e. The topological polar surface area (TPSA) is 71.5 Å². The van der Waals surface area contributed by atoms with E-state index in [4.69, 9.17) is 5.11 Å². The van der Waals surface area contributed by atoms with E-state index in [1.54, 1.807) is 0 Å². The SMILES string of the molecule is COC(=O)c1cc(NCC(O)C(F)F)ccn1. The van der Waals surface area contributed by atoms with Crippen LogP contribution in [0, 0.1) is 0 Å². The molecule has 1 atom stereocenters. The minimum Gasteiger partial charge on any atom is -0.464 e. The summed E-state index contributed by atoms with van der Waals surface area (Å²) in [6, 6.07) is 2.84. The van der Waals surface area contributed by atoms with Crippen LogP contribution in [-0.2, 0) is 4.74 Å². The lowest BCUT2D eigenvalue weighted by molar-refractivity contribution is 0.00384. The van der Waals surface area contributed by atoms with Crippen molar-refractivity contribution >= 4 is 11.7 Å². The maximum absolute atomic E-state index is 12.0. The fourth-order valence-electron chi connectivity index (χ4n) is 1.07. The highest BCUT2D eigenvalue weighted by Gasteiger charge is 2.16. The number of esters is 1. The van der Waals surface area contributed by atoms with Crippen LogP contribution in [0.25, 0.3) is 0 Å². The quantitative estimate of drug-likeness (QED) is 0.755. The van der Waals surface area contributed by atoms with Crippen molar-refractivity contribution in [2.24, 2.45) is 0 Å². The van der Waals surface area contributed by atoms with Gasteiger partial charge in [0.25, 0.3) is 6.43 Å². The number of alkyl halides is 2. The Kier molecular flexibility index (Phi) is 4.77. The first-order valence-corrected chi connectivity index (χ1v) is 4.79. The molecule has 1 rings (SSSR count). The third-order valence-electron chi connectivity index (χ3n) is 1.96. The zero-order chi connectivity index (χ0) is 12.8. The molecule has 0 aromatic carbocycles. The molecule has 1 heterocycles. The molecule has 0 spiro atoms. The van der Waals surface area contributed by atoms with Gasteiger partial charge < -0.3 is 15.2 Å². The second-order valence-corrected chi connectivity index (χ2v) is 3.20. The van der Waals surface area contributed by atoms with Crippen molar-refractivity contribution in [3.8, 4) is 0 Å². The molecule has 2 N–H and O–H groups in total. The van der Waals surface area contributed by atoms with Gasteiger partial charge >= 0.3 is 5.97 Å². The van der Waals surface area contributed by atoms with E-state index in [1.165, 1.54) is 25.4 Å².